The van der Waals surface area contributed by atoms with Gasteiger partial charge in [0.15, 0.2) is 0 Å². The number of nitrogens with one attached hydrogen (secondary N) is 5. The summed E-state index contributed by atoms with van der Waals surface area (Å²) in [5.41, 5.74) is 0.890. The second-order valence-corrected chi connectivity index (χ2v) is 13.9. The highest BCUT2D eigenvalue weighted by atomic mass is 16.2. The van der Waals surface area contributed by atoms with Gasteiger partial charge in [-0.05, 0) is 42.6 Å². The Hall–Kier alpha value is -4.68. The Morgan fingerprint density at radius 2 is 1.43 bits per heavy atom. The van der Waals surface area contributed by atoms with Gasteiger partial charge in [-0.3, -0.25) is 33.8 Å². The van der Waals surface area contributed by atoms with Gasteiger partial charge in [0, 0.05) is 18.9 Å². The number of Topliss-reactive ketones (excluding diaryl/α,β-unsaturated/α-hetero) is 1. The van der Waals surface area contributed by atoms with Crippen molar-refractivity contribution in [1.82, 2.24) is 36.6 Å². The quantitative estimate of drug-likeness (QED) is 0.138. The number of nitrogens with zero attached hydrogens (tertiary/aromatic N) is 2. The molecule has 0 bridgehead atoms. The molecule has 1 heterocycles. The van der Waals surface area contributed by atoms with E-state index in [-0.39, 0.29) is 36.4 Å². The molecule has 1 aliphatic rings. The molecular weight excluding hydrogens is 650 g/mol. The van der Waals surface area contributed by atoms with Crippen LogP contribution in [0.1, 0.15) is 108 Å². The van der Waals surface area contributed by atoms with Crippen LogP contribution in [0.4, 0.5) is 0 Å². The van der Waals surface area contributed by atoms with Crippen LogP contribution in [0.25, 0.3) is 0 Å². The predicted molar refractivity (Wildman–Crippen MR) is 193 cm³/mol. The van der Waals surface area contributed by atoms with Crippen LogP contribution in [-0.4, -0.2) is 69.5 Å². The van der Waals surface area contributed by atoms with Crippen LogP contribution in [0, 0.1) is 17.8 Å². The minimum atomic E-state index is -1.08. The van der Waals surface area contributed by atoms with Gasteiger partial charge in [0.25, 0.3) is 11.8 Å². The summed E-state index contributed by atoms with van der Waals surface area (Å²) in [7, 11) is 0. The first kappa shape index (κ1) is 40.7. The van der Waals surface area contributed by atoms with Gasteiger partial charge < -0.3 is 26.6 Å². The highest BCUT2D eigenvalue weighted by molar-refractivity contribution is 6.38. The number of ketones is 1. The molecule has 2 aromatic rings. The number of carbonyl (C=O) groups excluding carboxylic acids is 6. The zero-order valence-electron chi connectivity index (χ0n) is 30.6. The maximum Gasteiger partial charge on any atom is 0.289 e. The van der Waals surface area contributed by atoms with Gasteiger partial charge in [0.2, 0.25) is 23.5 Å². The molecule has 0 saturated heterocycles. The molecular formula is C38H55N7O6. The first-order valence-corrected chi connectivity index (χ1v) is 18.3. The summed E-state index contributed by atoms with van der Waals surface area (Å²) in [5.74, 6) is -3.87. The molecule has 1 aromatic heterocycles. The maximum atomic E-state index is 14.0. The number of benzene rings is 1. The molecule has 1 fully saturated rings. The molecule has 1 aliphatic carbocycles. The Morgan fingerprint density at radius 1 is 0.765 bits per heavy atom. The summed E-state index contributed by atoms with van der Waals surface area (Å²) in [6.45, 7) is 9.43. The minimum Gasteiger partial charge on any atom is -0.345 e. The number of rotatable bonds is 19. The maximum absolute atomic E-state index is 14.0. The van der Waals surface area contributed by atoms with Crippen molar-refractivity contribution in [1.29, 1.82) is 0 Å². The van der Waals surface area contributed by atoms with Crippen LogP contribution in [0.3, 0.4) is 0 Å². The second-order valence-electron chi connectivity index (χ2n) is 13.9. The molecule has 0 spiro atoms. The summed E-state index contributed by atoms with van der Waals surface area (Å²) in [4.78, 5) is 88.3. The third-order valence-corrected chi connectivity index (χ3v) is 9.41. The average molecular weight is 706 g/mol. The van der Waals surface area contributed by atoms with E-state index in [4.69, 9.17) is 0 Å². The van der Waals surface area contributed by atoms with Gasteiger partial charge in [-0.15, -0.1) is 0 Å². The summed E-state index contributed by atoms with van der Waals surface area (Å²) in [6, 6.07) is 5.13. The number of amides is 5. The second kappa shape index (κ2) is 20.9. The standard InChI is InChI=1S/C38H55N7O6/c1-6-25(5)32(45-35(48)29(20-24(3)4)43-36(49)31-23-39-18-19-40-31)37(50)44-30(21-26-14-10-8-11-15-26)34(47)42-28(7-2)33(46)38(51)41-22-27-16-12-9-13-17-27/h9,12-13,16-19,23-26,28-30,32H,6-8,10-11,14-15,20-22H2,1-5H3,(H,41,51)(H,42,47)(H,43,49)(H,44,50)(H,45,48)/t25-,28+,29+,30+,32+/m1/s1. The first-order valence-electron chi connectivity index (χ1n) is 18.3. The molecule has 0 aliphatic heterocycles. The van der Waals surface area contributed by atoms with Crippen molar-refractivity contribution in [2.24, 2.45) is 17.8 Å². The fraction of sp³-hybridized carbons (Fsp3) is 0.579. The summed E-state index contributed by atoms with van der Waals surface area (Å²) >= 11 is 0. The fourth-order valence-electron chi connectivity index (χ4n) is 6.21. The van der Waals surface area contributed by atoms with Crippen molar-refractivity contribution in [2.45, 2.75) is 123 Å². The van der Waals surface area contributed by atoms with E-state index in [1.807, 2.05) is 58.0 Å². The molecule has 0 unspecified atom stereocenters. The van der Waals surface area contributed by atoms with Crippen molar-refractivity contribution in [3.8, 4) is 0 Å². The van der Waals surface area contributed by atoms with Gasteiger partial charge in [-0.2, -0.15) is 0 Å². The zero-order valence-corrected chi connectivity index (χ0v) is 30.6. The van der Waals surface area contributed by atoms with E-state index in [9.17, 15) is 28.8 Å². The van der Waals surface area contributed by atoms with Crippen molar-refractivity contribution in [3.63, 3.8) is 0 Å². The molecule has 13 nitrogen and oxygen atoms in total. The predicted octanol–water partition coefficient (Wildman–Crippen LogP) is 3.39. The first-order chi connectivity index (χ1) is 24.4. The number of carbonyl (C=O) groups is 6. The third kappa shape index (κ3) is 13.2. The molecule has 5 amide bonds. The highest BCUT2D eigenvalue weighted by Crippen LogP contribution is 2.27. The van der Waals surface area contributed by atoms with Crippen LogP contribution in [0.5, 0.6) is 0 Å². The van der Waals surface area contributed by atoms with Crippen molar-refractivity contribution in [3.05, 3.63) is 60.2 Å². The molecule has 5 N–H and O–H groups in total. The summed E-state index contributed by atoms with van der Waals surface area (Å²) in [6.07, 6.45) is 10.5. The van der Waals surface area contributed by atoms with E-state index in [1.165, 1.54) is 18.6 Å². The molecule has 3 rings (SSSR count). The Balaban J connectivity index is 1.76. The monoisotopic (exact) mass is 705 g/mol. The molecule has 1 aromatic carbocycles. The van der Waals surface area contributed by atoms with Crippen LogP contribution < -0.4 is 26.6 Å². The number of aromatic nitrogens is 2. The lowest BCUT2D eigenvalue weighted by Crippen LogP contribution is -2.60. The Kier molecular flexibility index (Phi) is 16.7. The third-order valence-electron chi connectivity index (χ3n) is 9.41. The van der Waals surface area contributed by atoms with Gasteiger partial charge in [-0.25, -0.2) is 4.98 Å². The number of hydrogen-bond donors (Lipinski definition) is 5. The molecule has 5 atom stereocenters. The molecule has 1 saturated carbocycles. The zero-order chi connectivity index (χ0) is 37.3. The van der Waals surface area contributed by atoms with Gasteiger partial charge >= 0.3 is 0 Å². The summed E-state index contributed by atoms with van der Waals surface area (Å²) in [5, 5.41) is 13.8. The molecule has 0 radical (unpaired) electrons. The molecule has 278 valence electrons. The van der Waals surface area contributed by atoms with E-state index in [1.54, 1.807) is 6.92 Å². The molecule has 13 heteroatoms. The van der Waals surface area contributed by atoms with E-state index in [0.29, 0.717) is 19.3 Å². The lowest BCUT2D eigenvalue weighted by molar-refractivity contribution is -0.140. The topological polar surface area (TPSA) is 188 Å². The Labute approximate surface area is 301 Å². The average Bonchev–Trinajstić information content (AvgIpc) is 3.14. The lowest BCUT2D eigenvalue weighted by Gasteiger charge is -2.31. The van der Waals surface area contributed by atoms with Crippen LogP contribution in [0.2, 0.25) is 0 Å². The molecule has 51 heavy (non-hydrogen) atoms. The van der Waals surface area contributed by atoms with Gasteiger partial charge in [0.05, 0.1) is 12.2 Å². The van der Waals surface area contributed by atoms with Crippen molar-refractivity contribution in [2.75, 3.05) is 0 Å². The Bertz CT molecular complexity index is 1450. The van der Waals surface area contributed by atoms with Crippen molar-refractivity contribution < 1.29 is 28.8 Å². The lowest BCUT2D eigenvalue weighted by atomic mass is 9.84. The van der Waals surface area contributed by atoms with Crippen LogP contribution in [0.15, 0.2) is 48.9 Å². The normalized spacial score (nSPS) is 16.1. The highest BCUT2D eigenvalue weighted by Gasteiger charge is 2.35. The van der Waals surface area contributed by atoms with Crippen LogP contribution >= 0.6 is 0 Å². The van der Waals surface area contributed by atoms with E-state index in [2.05, 4.69) is 36.6 Å². The fourth-order valence-corrected chi connectivity index (χ4v) is 6.21. The van der Waals surface area contributed by atoms with E-state index < -0.39 is 59.5 Å². The van der Waals surface area contributed by atoms with Gasteiger partial charge in [-0.1, -0.05) is 103 Å². The smallest absolute Gasteiger partial charge is 0.289 e. The largest absolute Gasteiger partial charge is 0.345 e. The Morgan fingerprint density at radius 3 is 2.04 bits per heavy atom. The van der Waals surface area contributed by atoms with Gasteiger partial charge in [0.1, 0.15) is 23.8 Å². The number of hydrogen-bond acceptors (Lipinski definition) is 8. The van der Waals surface area contributed by atoms with Crippen LogP contribution in [-0.2, 0) is 30.5 Å². The SMILES string of the molecule is CC[C@H](NC(=O)[C@H](CC1CCCCC1)NC(=O)[C@@H](NC(=O)[C@H](CC(C)C)NC(=O)c1cnccn1)[C@H](C)CC)C(=O)C(=O)NCc1ccccc1. The van der Waals surface area contributed by atoms with Crippen molar-refractivity contribution >= 4 is 35.3 Å². The summed E-state index contributed by atoms with van der Waals surface area (Å²) < 4.78 is 0. The van der Waals surface area contributed by atoms with E-state index >= 15 is 0 Å². The minimum absolute atomic E-state index is 0.0389. The van der Waals surface area contributed by atoms with E-state index in [0.717, 1.165) is 37.7 Å².